The molecule has 1 heterocycles. The van der Waals surface area contributed by atoms with Crippen molar-refractivity contribution in [3.05, 3.63) is 65.2 Å². The molecule has 2 aliphatic rings. The first-order valence-corrected chi connectivity index (χ1v) is 13.8. The summed E-state index contributed by atoms with van der Waals surface area (Å²) in [5.41, 5.74) is 3.55. The van der Waals surface area contributed by atoms with Crippen molar-refractivity contribution < 1.29 is 18.0 Å². The SMILES string of the molecule is CCC(CC)[C@@H]1C(=O)N[C@H](C2Cc3ccccc3C2)C(=O)N1Cc1ccccc1NS(C)(=O)=O. The number of rotatable bonds is 8. The molecule has 182 valence electrons. The van der Waals surface area contributed by atoms with E-state index in [1.54, 1.807) is 23.1 Å². The van der Waals surface area contributed by atoms with Gasteiger partial charge in [-0.05, 0) is 47.4 Å². The highest BCUT2D eigenvalue weighted by Gasteiger charge is 2.47. The first kappa shape index (κ1) is 24.3. The number of hydrogen-bond acceptors (Lipinski definition) is 4. The number of benzene rings is 2. The summed E-state index contributed by atoms with van der Waals surface area (Å²) in [6.07, 6.45) is 4.14. The zero-order valence-corrected chi connectivity index (χ0v) is 20.8. The van der Waals surface area contributed by atoms with Crippen molar-refractivity contribution in [2.75, 3.05) is 11.0 Å². The van der Waals surface area contributed by atoms with Gasteiger partial charge in [0.05, 0.1) is 11.9 Å². The average Bonchev–Trinajstić information content (AvgIpc) is 3.22. The van der Waals surface area contributed by atoms with E-state index in [1.807, 2.05) is 32.0 Å². The van der Waals surface area contributed by atoms with E-state index in [-0.39, 0.29) is 30.2 Å². The Hall–Kier alpha value is -2.87. The van der Waals surface area contributed by atoms with Crippen LogP contribution < -0.4 is 10.0 Å². The number of anilines is 1. The molecule has 0 radical (unpaired) electrons. The molecule has 1 fully saturated rings. The molecule has 0 saturated carbocycles. The van der Waals surface area contributed by atoms with Crippen molar-refractivity contribution in [1.82, 2.24) is 10.2 Å². The number of nitrogens with one attached hydrogen (secondary N) is 2. The summed E-state index contributed by atoms with van der Waals surface area (Å²) in [6, 6.07) is 14.0. The summed E-state index contributed by atoms with van der Waals surface area (Å²) in [4.78, 5) is 29.1. The van der Waals surface area contributed by atoms with Crippen molar-refractivity contribution in [2.24, 2.45) is 11.8 Å². The van der Waals surface area contributed by atoms with Crippen molar-refractivity contribution in [3.8, 4) is 0 Å². The number of para-hydroxylation sites is 1. The van der Waals surface area contributed by atoms with Crippen molar-refractivity contribution in [1.29, 1.82) is 0 Å². The lowest BCUT2D eigenvalue weighted by Crippen LogP contribution is -2.66. The monoisotopic (exact) mass is 483 g/mol. The summed E-state index contributed by atoms with van der Waals surface area (Å²) in [7, 11) is -3.49. The second-order valence-corrected chi connectivity index (χ2v) is 11.2. The molecule has 1 saturated heterocycles. The topological polar surface area (TPSA) is 95.6 Å². The van der Waals surface area contributed by atoms with E-state index in [2.05, 4.69) is 22.2 Å². The second-order valence-electron chi connectivity index (χ2n) is 9.44. The maximum absolute atomic E-state index is 13.9. The van der Waals surface area contributed by atoms with E-state index in [1.165, 1.54) is 11.1 Å². The zero-order chi connectivity index (χ0) is 24.5. The van der Waals surface area contributed by atoms with Crippen LogP contribution in [-0.2, 0) is 39.0 Å². The van der Waals surface area contributed by atoms with Crippen LogP contribution >= 0.6 is 0 Å². The van der Waals surface area contributed by atoms with Crippen LogP contribution in [-0.4, -0.2) is 43.5 Å². The van der Waals surface area contributed by atoms with Gasteiger partial charge in [-0.1, -0.05) is 69.2 Å². The fraction of sp³-hybridized carbons (Fsp3) is 0.462. The summed E-state index contributed by atoms with van der Waals surface area (Å²) >= 11 is 0. The number of piperazine rings is 1. The van der Waals surface area contributed by atoms with Crippen LogP contribution in [0.15, 0.2) is 48.5 Å². The minimum atomic E-state index is -3.49. The molecule has 1 aliphatic carbocycles. The van der Waals surface area contributed by atoms with Crippen LogP contribution in [0.4, 0.5) is 5.69 Å². The maximum Gasteiger partial charge on any atom is 0.246 e. The van der Waals surface area contributed by atoms with Crippen molar-refractivity contribution in [3.63, 3.8) is 0 Å². The van der Waals surface area contributed by atoms with E-state index in [9.17, 15) is 18.0 Å². The highest BCUT2D eigenvalue weighted by Crippen LogP contribution is 2.34. The standard InChI is InChI=1S/C26H33N3O4S/c1-4-17(5-2)24-25(30)27-23(21-14-18-10-6-7-11-19(18)15-21)26(31)29(24)16-20-12-8-9-13-22(20)28-34(3,32)33/h6-13,17,21,23-24,28H,4-5,14-16H2,1-3H3,(H,27,30)/t23-,24-/m1/s1. The molecule has 7 nitrogen and oxygen atoms in total. The predicted molar refractivity (Wildman–Crippen MR) is 133 cm³/mol. The number of sulfonamides is 1. The Bertz CT molecular complexity index is 1150. The van der Waals surface area contributed by atoms with Gasteiger partial charge in [-0.3, -0.25) is 14.3 Å². The van der Waals surface area contributed by atoms with Gasteiger partial charge in [-0.15, -0.1) is 0 Å². The van der Waals surface area contributed by atoms with E-state index in [0.717, 1.165) is 31.9 Å². The van der Waals surface area contributed by atoms with Crippen LogP contribution in [0.2, 0.25) is 0 Å². The number of fused-ring (bicyclic) bond motifs is 1. The molecule has 8 heteroatoms. The van der Waals surface area contributed by atoms with Gasteiger partial charge in [0.2, 0.25) is 21.8 Å². The van der Waals surface area contributed by atoms with E-state index < -0.39 is 22.1 Å². The van der Waals surface area contributed by atoms with Crippen LogP contribution in [0, 0.1) is 11.8 Å². The van der Waals surface area contributed by atoms with E-state index in [4.69, 9.17) is 0 Å². The third-order valence-corrected chi connectivity index (χ3v) is 7.74. The van der Waals surface area contributed by atoms with Gasteiger partial charge in [-0.2, -0.15) is 0 Å². The number of amides is 2. The Kier molecular flexibility index (Phi) is 6.98. The zero-order valence-electron chi connectivity index (χ0n) is 20.0. The van der Waals surface area contributed by atoms with Gasteiger partial charge >= 0.3 is 0 Å². The lowest BCUT2D eigenvalue weighted by Gasteiger charge is -2.44. The summed E-state index contributed by atoms with van der Waals surface area (Å²) in [5.74, 6) is -0.199. The molecule has 1 aliphatic heterocycles. The van der Waals surface area contributed by atoms with Crippen molar-refractivity contribution >= 4 is 27.5 Å². The molecule has 0 aromatic heterocycles. The smallest absolute Gasteiger partial charge is 0.246 e. The maximum atomic E-state index is 13.9. The van der Waals surface area contributed by atoms with Crippen molar-refractivity contribution in [2.45, 2.75) is 58.2 Å². The van der Waals surface area contributed by atoms with Crippen LogP contribution in [0.25, 0.3) is 0 Å². The Morgan fingerprint density at radius 2 is 1.59 bits per heavy atom. The predicted octanol–water partition coefficient (Wildman–Crippen LogP) is 3.10. The summed E-state index contributed by atoms with van der Waals surface area (Å²) < 4.78 is 26.4. The quantitative estimate of drug-likeness (QED) is 0.603. The fourth-order valence-corrected chi connectivity index (χ4v) is 6.03. The van der Waals surface area contributed by atoms with E-state index >= 15 is 0 Å². The molecule has 2 N–H and O–H groups in total. The van der Waals surface area contributed by atoms with Gasteiger partial charge in [-0.25, -0.2) is 8.42 Å². The lowest BCUT2D eigenvalue weighted by atomic mass is 9.86. The summed E-state index contributed by atoms with van der Waals surface area (Å²) in [6.45, 7) is 4.23. The normalized spacial score (nSPS) is 21.0. The third kappa shape index (κ3) is 4.97. The lowest BCUT2D eigenvalue weighted by molar-refractivity contribution is -0.154. The van der Waals surface area contributed by atoms with Gasteiger partial charge in [0.15, 0.2) is 0 Å². The highest BCUT2D eigenvalue weighted by molar-refractivity contribution is 7.92. The minimum absolute atomic E-state index is 0.00314. The molecule has 2 amide bonds. The van der Waals surface area contributed by atoms with Gasteiger partial charge in [0.1, 0.15) is 12.1 Å². The summed E-state index contributed by atoms with van der Waals surface area (Å²) in [5, 5.41) is 3.07. The molecule has 0 spiro atoms. The molecular weight excluding hydrogens is 450 g/mol. The highest BCUT2D eigenvalue weighted by atomic mass is 32.2. The number of nitrogens with zero attached hydrogens (tertiary/aromatic N) is 1. The van der Waals surface area contributed by atoms with E-state index in [0.29, 0.717) is 11.3 Å². The number of carbonyl (C=O) groups is 2. The first-order chi connectivity index (χ1) is 16.2. The number of carbonyl (C=O) groups excluding carboxylic acids is 2. The molecule has 2 aromatic carbocycles. The molecule has 2 aromatic rings. The van der Waals surface area contributed by atoms with Gasteiger partial charge in [0, 0.05) is 6.54 Å². The molecule has 2 atom stereocenters. The molecule has 4 rings (SSSR count). The molecule has 0 bridgehead atoms. The molecular formula is C26H33N3O4S. The molecule has 34 heavy (non-hydrogen) atoms. The fourth-order valence-electron chi connectivity index (χ4n) is 5.43. The third-order valence-electron chi connectivity index (χ3n) is 7.15. The second kappa shape index (κ2) is 9.78. The Morgan fingerprint density at radius 1 is 1.00 bits per heavy atom. The first-order valence-electron chi connectivity index (χ1n) is 11.9. The largest absolute Gasteiger partial charge is 0.342 e. The minimum Gasteiger partial charge on any atom is -0.342 e. The van der Waals surface area contributed by atoms with Crippen LogP contribution in [0.3, 0.4) is 0 Å². The Labute approximate surface area is 202 Å². The van der Waals surface area contributed by atoms with Gasteiger partial charge < -0.3 is 10.2 Å². The molecule has 0 unspecified atom stereocenters. The Morgan fingerprint density at radius 3 is 2.18 bits per heavy atom. The van der Waals surface area contributed by atoms with Crippen LogP contribution in [0.5, 0.6) is 0 Å². The van der Waals surface area contributed by atoms with Gasteiger partial charge in [0.25, 0.3) is 0 Å². The average molecular weight is 484 g/mol. The number of hydrogen-bond donors (Lipinski definition) is 2. The Balaban J connectivity index is 1.67. The van der Waals surface area contributed by atoms with Crippen LogP contribution in [0.1, 0.15) is 43.4 Å².